The third-order valence-electron chi connectivity index (χ3n) is 2.46. The number of halogens is 2. The van der Waals surface area contributed by atoms with Gasteiger partial charge in [0.2, 0.25) is 0 Å². The fraction of sp³-hybridized carbons (Fsp3) is 0.538. The summed E-state index contributed by atoms with van der Waals surface area (Å²) in [5.41, 5.74) is 1.11. The second-order valence-electron chi connectivity index (χ2n) is 4.32. The van der Waals surface area contributed by atoms with Gasteiger partial charge in [0.1, 0.15) is 5.75 Å². The monoisotopic (exact) mass is 277 g/mol. The second kappa shape index (κ2) is 8.62. The van der Waals surface area contributed by atoms with Crippen LogP contribution in [-0.4, -0.2) is 13.7 Å². The molecule has 0 aromatic heterocycles. The first-order chi connectivity index (χ1) is 7.63. The van der Waals surface area contributed by atoms with Crippen LogP contribution in [0.3, 0.4) is 0 Å². The molecule has 0 aliphatic rings. The zero-order valence-corrected chi connectivity index (χ0v) is 12.2. The molecule has 0 atom stereocenters. The SMILES string of the molecule is COc1ccc(Cl)cc1CNCCC(C)C.Cl. The van der Waals surface area contributed by atoms with Crippen molar-refractivity contribution in [1.29, 1.82) is 0 Å². The molecule has 0 saturated heterocycles. The zero-order chi connectivity index (χ0) is 12.0. The number of rotatable bonds is 6. The van der Waals surface area contributed by atoms with E-state index >= 15 is 0 Å². The van der Waals surface area contributed by atoms with E-state index in [0.29, 0.717) is 0 Å². The van der Waals surface area contributed by atoms with Crippen molar-refractivity contribution < 1.29 is 4.74 Å². The van der Waals surface area contributed by atoms with Crippen LogP contribution in [0.5, 0.6) is 5.75 Å². The maximum absolute atomic E-state index is 5.95. The third kappa shape index (κ3) is 6.16. The smallest absolute Gasteiger partial charge is 0.123 e. The van der Waals surface area contributed by atoms with E-state index in [-0.39, 0.29) is 12.4 Å². The average Bonchev–Trinajstić information content (AvgIpc) is 2.24. The molecule has 1 aromatic carbocycles. The van der Waals surface area contributed by atoms with E-state index in [1.54, 1.807) is 7.11 Å². The second-order valence-corrected chi connectivity index (χ2v) is 4.75. The summed E-state index contributed by atoms with van der Waals surface area (Å²) < 4.78 is 5.28. The van der Waals surface area contributed by atoms with Gasteiger partial charge in [0, 0.05) is 17.1 Å². The van der Waals surface area contributed by atoms with E-state index in [1.165, 1.54) is 6.42 Å². The summed E-state index contributed by atoms with van der Waals surface area (Å²) in [5, 5.41) is 4.15. The highest BCUT2D eigenvalue weighted by molar-refractivity contribution is 6.30. The maximum Gasteiger partial charge on any atom is 0.123 e. The van der Waals surface area contributed by atoms with Crippen LogP contribution in [0.25, 0.3) is 0 Å². The summed E-state index contributed by atoms with van der Waals surface area (Å²) in [6.45, 7) is 6.27. The number of hydrogen-bond donors (Lipinski definition) is 1. The lowest BCUT2D eigenvalue weighted by molar-refractivity contribution is 0.407. The fourth-order valence-electron chi connectivity index (χ4n) is 1.50. The molecule has 0 aliphatic heterocycles. The predicted octanol–water partition coefficient (Wildman–Crippen LogP) is 3.91. The van der Waals surface area contributed by atoms with Crippen LogP contribution in [0.15, 0.2) is 18.2 Å². The van der Waals surface area contributed by atoms with E-state index < -0.39 is 0 Å². The quantitative estimate of drug-likeness (QED) is 0.797. The Morgan fingerprint density at radius 2 is 2.06 bits per heavy atom. The highest BCUT2D eigenvalue weighted by Gasteiger charge is 2.03. The minimum absolute atomic E-state index is 0. The zero-order valence-electron chi connectivity index (χ0n) is 10.6. The van der Waals surface area contributed by atoms with Gasteiger partial charge in [-0.05, 0) is 37.1 Å². The van der Waals surface area contributed by atoms with Gasteiger partial charge in [-0.2, -0.15) is 0 Å². The Hall–Kier alpha value is -0.440. The molecule has 1 rings (SSSR count). The van der Waals surface area contributed by atoms with Gasteiger partial charge in [-0.15, -0.1) is 12.4 Å². The summed E-state index contributed by atoms with van der Waals surface area (Å²) in [6, 6.07) is 5.70. The van der Waals surface area contributed by atoms with Crippen molar-refractivity contribution >= 4 is 24.0 Å². The normalized spacial score (nSPS) is 10.2. The molecule has 0 aliphatic carbocycles. The van der Waals surface area contributed by atoms with Crippen molar-refractivity contribution in [2.75, 3.05) is 13.7 Å². The Bertz CT molecular complexity index is 329. The van der Waals surface area contributed by atoms with Gasteiger partial charge in [0.05, 0.1) is 7.11 Å². The van der Waals surface area contributed by atoms with Gasteiger partial charge in [-0.3, -0.25) is 0 Å². The van der Waals surface area contributed by atoms with Crippen molar-refractivity contribution in [1.82, 2.24) is 5.32 Å². The number of benzene rings is 1. The van der Waals surface area contributed by atoms with Crippen LogP contribution in [0.4, 0.5) is 0 Å². The highest BCUT2D eigenvalue weighted by Crippen LogP contribution is 2.22. The molecule has 4 heteroatoms. The Kier molecular flexibility index (Phi) is 8.40. The standard InChI is InChI=1S/C13H20ClNO.ClH/c1-10(2)6-7-15-9-11-8-12(14)4-5-13(11)16-3;/h4-5,8,10,15H,6-7,9H2,1-3H3;1H. The molecule has 0 bridgehead atoms. The van der Waals surface area contributed by atoms with Crippen LogP contribution in [-0.2, 0) is 6.54 Å². The molecule has 0 spiro atoms. The topological polar surface area (TPSA) is 21.3 Å². The van der Waals surface area contributed by atoms with E-state index in [4.69, 9.17) is 16.3 Å². The van der Waals surface area contributed by atoms with Gasteiger partial charge >= 0.3 is 0 Å². The fourth-order valence-corrected chi connectivity index (χ4v) is 1.69. The predicted molar refractivity (Wildman–Crippen MR) is 76.4 cm³/mol. The summed E-state index contributed by atoms with van der Waals surface area (Å²) in [7, 11) is 1.68. The van der Waals surface area contributed by atoms with Crippen molar-refractivity contribution in [2.24, 2.45) is 5.92 Å². The van der Waals surface area contributed by atoms with Crippen LogP contribution < -0.4 is 10.1 Å². The van der Waals surface area contributed by atoms with Crippen molar-refractivity contribution in [3.05, 3.63) is 28.8 Å². The summed E-state index contributed by atoms with van der Waals surface area (Å²) in [4.78, 5) is 0. The molecule has 1 aromatic rings. The largest absolute Gasteiger partial charge is 0.496 e. The van der Waals surface area contributed by atoms with Crippen molar-refractivity contribution in [3.8, 4) is 5.75 Å². The van der Waals surface area contributed by atoms with Crippen LogP contribution in [0.2, 0.25) is 5.02 Å². The molecule has 98 valence electrons. The minimum Gasteiger partial charge on any atom is -0.496 e. The molecule has 0 radical (unpaired) electrons. The van der Waals surface area contributed by atoms with Crippen molar-refractivity contribution in [3.63, 3.8) is 0 Å². The Balaban J connectivity index is 0.00000256. The molecule has 17 heavy (non-hydrogen) atoms. The van der Waals surface area contributed by atoms with Gasteiger partial charge in [0.25, 0.3) is 0 Å². The van der Waals surface area contributed by atoms with Crippen LogP contribution in [0.1, 0.15) is 25.8 Å². The van der Waals surface area contributed by atoms with E-state index in [9.17, 15) is 0 Å². The Morgan fingerprint density at radius 1 is 1.35 bits per heavy atom. The number of hydrogen-bond acceptors (Lipinski definition) is 2. The lowest BCUT2D eigenvalue weighted by Crippen LogP contribution is -2.16. The van der Waals surface area contributed by atoms with Crippen molar-refractivity contribution in [2.45, 2.75) is 26.8 Å². The molecule has 0 heterocycles. The molecule has 2 nitrogen and oxygen atoms in total. The lowest BCUT2D eigenvalue weighted by atomic mass is 10.1. The third-order valence-corrected chi connectivity index (χ3v) is 2.69. The molecular weight excluding hydrogens is 257 g/mol. The summed E-state index contributed by atoms with van der Waals surface area (Å²) in [5.74, 6) is 1.62. The first-order valence-electron chi connectivity index (χ1n) is 5.66. The first-order valence-corrected chi connectivity index (χ1v) is 6.04. The highest BCUT2D eigenvalue weighted by atomic mass is 35.5. The summed E-state index contributed by atoms with van der Waals surface area (Å²) in [6.07, 6.45) is 1.18. The molecule has 1 N–H and O–H groups in total. The Labute approximate surface area is 115 Å². The van der Waals surface area contributed by atoms with Crippen LogP contribution >= 0.6 is 24.0 Å². The average molecular weight is 278 g/mol. The number of nitrogens with one attached hydrogen (secondary N) is 1. The maximum atomic E-state index is 5.95. The van der Waals surface area contributed by atoms with Gasteiger partial charge in [-0.1, -0.05) is 25.4 Å². The van der Waals surface area contributed by atoms with E-state index in [0.717, 1.165) is 35.3 Å². The number of methoxy groups -OCH3 is 1. The lowest BCUT2D eigenvalue weighted by Gasteiger charge is -2.11. The van der Waals surface area contributed by atoms with Crippen LogP contribution in [0, 0.1) is 5.92 Å². The van der Waals surface area contributed by atoms with Gasteiger partial charge in [-0.25, -0.2) is 0 Å². The molecular formula is C13H21Cl2NO. The summed E-state index contributed by atoms with van der Waals surface area (Å²) >= 11 is 5.95. The van der Waals surface area contributed by atoms with Gasteiger partial charge in [0.15, 0.2) is 0 Å². The van der Waals surface area contributed by atoms with E-state index in [1.807, 2.05) is 18.2 Å². The number of ether oxygens (including phenoxy) is 1. The molecule has 0 amide bonds. The van der Waals surface area contributed by atoms with E-state index in [2.05, 4.69) is 19.2 Å². The minimum atomic E-state index is 0. The molecule has 0 fully saturated rings. The Morgan fingerprint density at radius 3 is 2.65 bits per heavy atom. The molecule has 0 saturated carbocycles. The van der Waals surface area contributed by atoms with Gasteiger partial charge < -0.3 is 10.1 Å². The molecule has 0 unspecified atom stereocenters. The first kappa shape index (κ1) is 16.6.